The fourth-order valence-electron chi connectivity index (χ4n) is 3.12. The number of para-hydroxylation sites is 1. The Morgan fingerprint density at radius 3 is 2.57 bits per heavy atom. The largest absolute Gasteiger partial charge is 0.361 e. The van der Waals surface area contributed by atoms with Gasteiger partial charge in [0.15, 0.2) is 0 Å². The van der Waals surface area contributed by atoms with Crippen LogP contribution in [0.25, 0.3) is 10.9 Å². The first-order chi connectivity index (χ1) is 13.2. The molecule has 2 aromatic carbocycles. The van der Waals surface area contributed by atoms with Crippen molar-refractivity contribution in [3.63, 3.8) is 0 Å². The van der Waals surface area contributed by atoms with Crippen LogP contribution in [0.4, 0.5) is 5.69 Å². The number of anilines is 1. The first kappa shape index (κ1) is 20.1. The van der Waals surface area contributed by atoms with E-state index in [4.69, 9.17) is 0 Å². The first-order valence-corrected chi connectivity index (χ1v) is 10.5. The standard InChI is InChI=1S/C21H25N3O3S/c1-14-11-17(28(26,27)24(3)4)12-20(15(14)2)23-21(25)10-9-16-13-22-19-8-6-5-7-18(16)19/h5-8,11-13,22H,9-10H2,1-4H3,(H,23,25). The van der Waals surface area contributed by atoms with Gasteiger partial charge in [0.25, 0.3) is 0 Å². The Hall–Kier alpha value is -2.64. The van der Waals surface area contributed by atoms with E-state index in [2.05, 4.69) is 10.3 Å². The third-order valence-corrected chi connectivity index (χ3v) is 6.78. The van der Waals surface area contributed by atoms with Gasteiger partial charge in [0.05, 0.1) is 4.90 Å². The molecular weight excluding hydrogens is 374 g/mol. The van der Waals surface area contributed by atoms with E-state index in [1.807, 2.05) is 44.3 Å². The van der Waals surface area contributed by atoms with E-state index in [0.29, 0.717) is 18.5 Å². The van der Waals surface area contributed by atoms with Crippen molar-refractivity contribution in [2.24, 2.45) is 0 Å². The second-order valence-corrected chi connectivity index (χ2v) is 9.26. The van der Waals surface area contributed by atoms with Gasteiger partial charge in [0.1, 0.15) is 0 Å². The zero-order valence-corrected chi connectivity index (χ0v) is 17.4. The molecule has 0 radical (unpaired) electrons. The van der Waals surface area contributed by atoms with Crippen molar-refractivity contribution >= 4 is 32.5 Å². The summed E-state index contributed by atoms with van der Waals surface area (Å²) >= 11 is 0. The normalized spacial score (nSPS) is 11.9. The molecular formula is C21H25N3O3S. The molecule has 0 aliphatic heterocycles. The quantitative estimate of drug-likeness (QED) is 0.664. The fourth-order valence-corrected chi connectivity index (χ4v) is 4.13. The molecule has 0 spiro atoms. The third-order valence-electron chi connectivity index (χ3n) is 4.99. The molecule has 0 atom stereocenters. The molecule has 6 nitrogen and oxygen atoms in total. The van der Waals surface area contributed by atoms with Crippen LogP contribution in [0.3, 0.4) is 0 Å². The van der Waals surface area contributed by atoms with Crippen LogP contribution in [0.1, 0.15) is 23.1 Å². The van der Waals surface area contributed by atoms with Crippen molar-refractivity contribution in [2.45, 2.75) is 31.6 Å². The van der Waals surface area contributed by atoms with Gasteiger partial charge in [-0.15, -0.1) is 0 Å². The number of fused-ring (bicyclic) bond motifs is 1. The maximum absolute atomic E-state index is 12.5. The molecule has 0 bridgehead atoms. The molecule has 28 heavy (non-hydrogen) atoms. The van der Waals surface area contributed by atoms with Crippen molar-refractivity contribution in [3.8, 4) is 0 Å². The molecule has 0 saturated heterocycles. The number of aryl methyl sites for hydroxylation is 2. The number of rotatable bonds is 6. The molecule has 0 saturated carbocycles. The Morgan fingerprint density at radius 1 is 1.14 bits per heavy atom. The number of hydrogen-bond donors (Lipinski definition) is 2. The highest BCUT2D eigenvalue weighted by Gasteiger charge is 2.20. The van der Waals surface area contributed by atoms with Crippen LogP contribution in [0, 0.1) is 13.8 Å². The molecule has 1 aromatic heterocycles. The van der Waals surface area contributed by atoms with E-state index in [-0.39, 0.29) is 10.8 Å². The number of H-pyrrole nitrogens is 1. The van der Waals surface area contributed by atoms with Crippen LogP contribution < -0.4 is 5.32 Å². The van der Waals surface area contributed by atoms with Crippen molar-refractivity contribution < 1.29 is 13.2 Å². The van der Waals surface area contributed by atoms with Gasteiger partial charge in [-0.25, -0.2) is 12.7 Å². The minimum absolute atomic E-state index is 0.146. The third kappa shape index (κ3) is 3.95. The molecule has 1 heterocycles. The number of nitrogens with zero attached hydrogens (tertiary/aromatic N) is 1. The Balaban J connectivity index is 1.77. The van der Waals surface area contributed by atoms with E-state index in [9.17, 15) is 13.2 Å². The number of nitrogens with one attached hydrogen (secondary N) is 2. The highest BCUT2D eigenvalue weighted by atomic mass is 32.2. The van der Waals surface area contributed by atoms with Crippen LogP contribution in [0.2, 0.25) is 0 Å². The van der Waals surface area contributed by atoms with Gasteiger partial charge in [0.2, 0.25) is 15.9 Å². The van der Waals surface area contributed by atoms with E-state index in [1.54, 1.807) is 6.07 Å². The van der Waals surface area contributed by atoms with Crippen molar-refractivity contribution in [1.82, 2.24) is 9.29 Å². The van der Waals surface area contributed by atoms with Gasteiger partial charge < -0.3 is 10.3 Å². The lowest BCUT2D eigenvalue weighted by molar-refractivity contribution is -0.116. The SMILES string of the molecule is Cc1cc(S(=O)(=O)N(C)C)cc(NC(=O)CCc2c[nH]c3ccccc23)c1C. The summed E-state index contributed by atoms with van der Waals surface area (Å²) in [6.45, 7) is 3.71. The number of carbonyl (C=O) groups is 1. The lowest BCUT2D eigenvalue weighted by atomic mass is 10.1. The minimum Gasteiger partial charge on any atom is -0.361 e. The molecule has 148 valence electrons. The molecule has 0 aliphatic rings. The van der Waals surface area contributed by atoms with Gasteiger partial charge in [-0.1, -0.05) is 18.2 Å². The Morgan fingerprint density at radius 2 is 1.86 bits per heavy atom. The van der Waals surface area contributed by atoms with E-state index < -0.39 is 10.0 Å². The second-order valence-electron chi connectivity index (χ2n) is 7.11. The number of amides is 1. The number of hydrogen-bond acceptors (Lipinski definition) is 3. The van der Waals surface area contributed by atoms with Crippen LogP contribution >= 0.6 is 0 Å². The molecule has 7 heteroatoms. The Kier molecular flexibility index (Phi) is 5.58. The average molecular weight is 400 g/mol. The summed E-state index contributed by atoms with van der Waals surface area (Å²) < 4.78 is 26.1. The number of benzene rings is 2. The smallest absolute Gasteiger partial charge is 0.242 e. The lowest BCUT2D eigenvalue weighted by Gasteiger charge is -2.16. The summed E-state index contributed by atoms with van der Waals surface area (Å²) in [4.78, 5) is 15.9. The van der Waals surface area contributed by atoms with Crippen LogP contribution in [-0.2, 0) is 21.2 Å². The number of aromatic nitrogens is 1. The zero-order chi connectivity index (χ0) is 20.5. The van der Waals surface area contributed by atoms with Crippen LogP contribution in [0.5, 0.6) is 0 Å². The van der Waals surface area contributed by atoms with E-state index in [0.717, 1.165) is 27.6 Å². The average Bonchev–Trinajstić information content (AvgIpc) is 3.06. The van der Waals surface area contributed by atoms with Gasteiger partial charge in [0, 0.05) is 43.3 Å². The Bertz CT molecular complexity index is 1130. The van der Waals surface area contributed by atoms with Gasteiger partial charge in [-0.3, -0.25) is 4.79 Å². The Labute approximate surface area is 165 Å². The van der Waals surface area contributed by atoms with Crippen LogP contribution in [-0.4, -0.2) is 37.7 Å². The van der Waals surface area contributed by atoms with Gasteiger partial charge in [-0.05, 0) is 55.2 Å². The van der Waals surface area contributed by atoms with E-state index >= 15 is 0 Å². The molecule has 3 rings (SSSR count). The topological polar surface area (TPSA) is 82.3 Å². The first-order valence-electron chi connectivity index (χ1n) is 9.09. The van der Waals surface area contributed by atoms with Crippen molar-refractivity contribution in [1.29, 1.82) is 0 Å². The molecule has 0 fully saturated rings. The number of carbonyl (C=O) groups excluding carboxylic acids is 1. The molecule has 0 aliphatic carbocycles. The van der Waals surface area contributed by atoms with Crippen molar-refractivity contribution in [3.05, 3.63) is 59.3 Å². The highest BCUT2D eigenvalue weighted by Crippen LogP contribution is 2.26. The number of sulfonamides is 1. The summed E-state index contributed by atoms with van der Waals surface area (Å²) in [7, 11) is -0.588. The van der Waals surface area contributed by atoms with Gasteiger partial charge >= 0.3 is 0 Å². The number of aromatic amines is 1. The maximum Gasteiger partial charge on any atom is 0.242 e. The second kappa shape index (κ2) is 7.77. The van der Waals surface area contributed by atoms with Crippen LogP contribution in [0.15, 0.2) is 47.5 Å². The zero-order valence-electron chi connectivity index (χ0n) is 16.5. The molecule has 2 N–H and O–H groups in total. The molecule has 1 amide bonds. The molecule has 3 aromatic rings. The summed E-state index contributed by atoms with van der Waals surface area (Å²) in [5.41, 5.74) is 4.34. The highest BCUT2D eigenvalue weighted by molar-refractivity contribution is 7.89. The molecule has 0 unspecified atom stereocenters. The van der Waals surface area contributed by atoms with E-state index in [1.165, 1.54) is 24.5 Å². The minimum atomic E-state index is -3.57. The summed E-state index contributed by atoms with van der Waals surface area (Å²) in [5.74, 6) is -0.146. The van der Waals surface area contributed by atoms with Crippen molar-refractivity contribution in [2.75, 3.05) is 19.4 Å². The predicted molar refractivity (Wildman–Crippen MR) is 112 cm³/mol. The predicted octanol–water partition coefficient (Wildman–Crippen LogP) is 3.61. The monoisotopic (exact) mass is 399 g/mol. The summed E-state index contributed by atoms with van der Waals surface area (Å²) in [6.07, 6.45) is 2.84. The summed E-state index contributed by atoms with van der Waals surface area (Å²) in [5, 5.41) is 3.99. The maximum atomic E-state index is 12.5. The van der Waals surface area contributed by atoms with Gasteiger partial charge in [-0.2, -0.15) is 0 Å². The summed E-state index contributed by atoms with van der Waals surface area (Å²) in [6, 6.07) is 11.1. The fraction of sp³-hybridized carbons (Fsp3) is 0.286. The lowest BCUT2D eigenvalue weighted by Crippen LogP contribution is -2.23.